The molecule has 0 aliphatic carbocycles. The topological polar surface area (TPSA) is 21.3 Å². The van der Waals surface area contributed by atoms with Gasteiger partial charge in [-0.3, -0.25) is 0 Å². The van der Waals surface area contributed by atoms with Crippen molar-refractivity contribution in [2.45, 2.75) is 33.9 Å². The Hall–Kier alpha value is -1.32. The number of hydrogen-bond acceptors (Lipinski definition) is 2. The summed E-state index contributed by atoms with van der Waals surface area (Å²) in [6.07, 6.45) is 0. The first-order chi connectivity index (χ1) is 10.0. The highest BCUT2D eigenvalue weighted by Crippen LogP contribution is 2.26. The van der Waals surface area contributed by atoms with Crippen LogP contribution in [0.4, 0.5) is 5.69 Å². The van der Waals surface area contributed by atoms with Crippen molar-refractivity contribution < 1.29 is 4.74 Å². The highest BCUT2D eigenvalue weighted by atomic mass is 79.9. The Bertz CT molecular complexity index is 637. The van der Waals surface area contributed by atoms with Gasteiger partial charge in [-0.05, 0) is 55.2 Å². The van der Waals surface area contributed by atoms with Crippen LogP contribution in [0.1, 0.15) is 27.8 Å². The smallest absolute Gasteiger partial charge is 0.0744 e. The van der Waals surface area contributed by atoms with Crippen molar-refractivity contribution in [3.63, 3.8) is 0 Å². The maximum Gasteiger partial charge on any atom is 0.0744 e. The van der Waals surface area contributed by atoms with E-state index >= 15 is 0 Å². The lowest BCUT2D eigenvalue weighted by molar-refractivity contribution is 0.185. The number of methoxy groups -OCH3 is 1. The maximum absolute atomic E-state index is 5.29. The van der Waals surface area contributed by atoms with E-state index in [-0.39, 0.29) is 0 Å². The lowest BCUT2D eigenvalue weighted by Gasteiger charge is -2.15. The molecule has 0 fully saturated rings. The molecule has 0 unspecified atom stereocenters. The average Bonchev–Trinajstić information content (AvgIpc) is 2.44. The van der Waals surface area contributed by atoms with Crippen LogP contribution in [0.15, 0.2) is 34.8 Å². The number of ether oxygens (including phenoxy) is 1. The molecular weight excluding hydrogens is 326 g/mol. The number of benzene rings is 2. The second-order valence-electron chi connectivity index (χ2n) is 5.42. The molecule has 0 aliphatic heterocycles. The summed E-state index contributed by atoms with van der Waals surface area (Å²) in [6.45, 7) is 7.90. The van der Waals surface area contributed by atoms with E-state index in [0.29, 0.717) is 6.61 Å². The molecule has 0 spiro atoms. The first-order valence-corrected chi connectivity index (χ1v) is 7.89. The molecule has 0 atom stereocenters. The standard InChI is InChI=1S/C18H22BrNO/c1-12-8-14(3)15(9-13(12)2)10-20-18-7-5-6-17(19)16(18)11-21-4/h5-9,20H,10-11H2,1-4H3. The molecular formula is C18H22BrNO. The molecule has 0 aromatic heterocycles. The van der Waals surface area contributed by atoms with Crippen LogP contribution in [0, 0.1) is 20.8 Å². The predicted octanol–water partition coefficient (Wildman–Crippen LogP) is 5.13. The van der Waals surface area contributed by atoms with Gasteiger partial charge in [0.2, 0.25) is 0 Å². The van der Waals surface area contributed by atoms with Crippen LogP contribution < -0.4 is 5.32 Å². The van der Waals surface area contributed by atoms with Gasteiger partial charge in [0.1, 0.15) is 0 Å². The summed E-state index contributed by atoms with van der Waals surface area (Å²) in [5, 5.41) is 3.53. The van der Waals surface area contributed by atoms with Crippen LogP contribution in [0.3, 0.4) is 0 Å². The van der Waals surface area contributed by atoms with Gasteiger partial charge in [0.05, 0.1) is 6.61 Å². The molecule has 2 aromatic rings. The molecule has 0 bridgehead atoms. The van der Waals surface area contributed by atoms with Gasteiger partial charge >= 0.3 is 0 Å². The van der Waals surface area contributed by atoms with E-state index in [1.54, 1.807) is 7.11 Å². The molecule has 0 saturated heterocycles. The van der Waals surface area contributed by atoms with Gasteiger partial charge in [-0.2, -0.15) is 0 Å². The van der Waals surface area contributed by atoms with E-state index in [2.05, 4.69) is 60.2 Å². The summed E-state index contributed by atoms with van der Waals surface area (Å²) < 4.78 is 6.37. The minimum absolute atomic E-state index is 0.593. The first-order valence-electron chi connectivity index (χ1n) is 7.10. The lowest BCUT2D eigenvalue weighted by atomic mass is 10.0. The van der Waals surface area contributed by atoms with E-state index in [4.69, 9.17) is 4.74 Å². The fraction of sp³-hybridized carbons (Fsp3) is 0.333. The van der Waals surface area contributed by atoms with Crippen LogP contribution in [0.2, 0.25) is 0 Å². The summed E-state index contributed by atoms with van der Waals surface area (Å²) in [6, 6.07) is 10.7. The Balaban J connectivity index is 2.21. The zero-order valence-electron chi connectivity index (χ0n) is 13.1. The lowest BCUT2D eigenvalue weighted by Crippen LogP contribution is -2.05. The summed E-state index contributed by atoms with van der Waals surface area (Å²) >= 11 is 3.59. The van der Waals surface area contributed by atoms with E-state index in [1.165, 1.54) is 22.3 Å². The molecule has 0 heterocycles. The van der Waals surface area contributed by atoms with Crippen molar-refractivity contribution >= 4 is 21.6 Å². The van der Waals surface area contributed by atoms with E-state index in [0.717, 1.165) is 22.3 Å². The molecule has 1 N–H and O–H groups in total. The fourth-order valence-electron chi connectivity index (χ4n) is 2.42. The number of hydrogen-bond donors (Lipinski definition) is 1. The average molecular weight is 348 g/mol. The van der Waals surface area contributed by atoms with Crippen LogP contribution in [-0.4, -0.2) is 7.11 Å². The van der Waals surface area contributed by atoms with Crippen molar-refractivity contribution in [1.82, 2.24) is 0 Å². The zero-order chi connectivity index (χ0) is 15.4. The normalized spacial score (nSPS) is 10.7. The largest absolute Gasteiger partial charge is 0.381 e. The van der Waals surface area contributed by atoms with Crippen molar-refractivity contribution in [2.24, 2.45) is 0 Å². The molecule has 112 valence electrons. The molecule has 3 heteroatoms. The third-order valence-corrected chi connectivity index (χ3v) is 4.57. The first kappa shape index (κ1) is 16.1. The van der Waals surface area contributed by atoms with Crippen molar-refractivity contribution in [3.8, 4) is 0 Å². The van der Waals surface area contributed by atoms with E-state index in [1.807, 2.05) is 12.1 Å². The van der Waals surface area contributed by atoms with Gasteiger partial charge in [0, 0.05) is 29.4 Å². The Kier molecular flexibility index (Phi) is 5.43. The summed E-state index contributed by atoms with van der Waals surface area (Å²) in [5.74, 6) is 0. The van der Waals surface area contributed by atoms with Gasteiger partial charge in [-0.1, -0.05) is 34.1 Å². The number of aryl methyl sites for hydroxylation is 3. The van der Waals surface area contributed by atoms with E-state index in [9.17, 15) is 0 Å². The van der Waals surface area contributed by atoms with Crippen molar-refractivity contribution in [2.75, 3.05) is 12.4 Å². The minimum atomic E-state index is 0.593. The Morgan fingerprint density at radius 3 is 2.48 bits per heavy atom. The minimum Gasteiger partial charge on any atom is -0.381 e. The van der Waals surface area contributed by atoms with Gasteiger partial charge < -0.3 is 10.1 Å². The second-order valence-corrected chi connectivity index (χ2v) is 6.27. The Morgan fingerprint density at radius 1 is 1.05 bits per heavy atom. The Labute approximate surface area is 135 Å². The van der Waals surface area contributed by atoms with Crippen LogP contribution in [0.25, 0.3) is 0 Å². The third-order valence-electron chi connectivity index (χ3n) is 3.83. The highest BCUT2D eigenvalue weighted by molar-refractivity contribution is 9.10. The molecule has 0 amide bonds. The monoisotopic (exact) mass is 347 g/mol. The predicted molar refractivity (Wildman–Crippen MR) is 92.8 cm³/mol. The van der Waals surface area contributed by atoms with Crippen LogP contribution in [-0.2, 0) is 17.9 Å². The van der Waals surface area contributed by atoms with Gasteiger partial charge in [0.25, 0.3) is 0 Å². The van der Waals surface area contributed by atoms with Gasteiger partial charge in [-0.15, -0.1) is 0 Å². The number of halogens is 1. The summed E-state index contributed by atoms with van der Waals surface area (Å²) in [7, 11) is 1.72. The van der Waals surface area contributed by atoms with Crippen LogP contribution >= 0.6 is 15.9 Å². The number of nitrogens with one attached hydrogen (secondary N) is 1. The van der Waals surface area contributed by atoms with Crippen molar-refractivity contribution in [1.29, 1.82) is 0 Å². The number of rotatable bonds is 5. The summed E-state index contributed by atoms with van der Waals surface area (Å²) in [4.78, 5) is 0. The molecule has 0 aliphatic rings. The number of anilines is 1. The van der Waals surface area contributed by atoms with E-state index < -0.39 is 0 Å². The summed E-state index contributed by atoms with van der Waals surface area (Å²) in [5.41, 5.74) is 7.61. The molecule has 2 aromatic carbocycles. The molecule has 2 rings (SSSR count). The van der Waals surface area contributed by atoms with Gasteiger partial charge in [-0.25, -0.2) is 0 Å². The third kappa shape index (κ3) is 3.86. The fourth-order valence-corrected chi connectivity index (χ4v) is 2.90. The molecule has 2 nitrogen and oxygen atoms in total. The van der Waals surface area contributed by atoms with Crippen molar-refractivity contribution in [3.05, 3.63) is 62.6 Å². The quantitative estimate of drug-likeness (QED) is 0.809. The second kappa shape index (κ2) is 7.10. The zero-order valence-corrected chi connectivity index (χ0v) is 14.7. The van der Waals surface area contributed by atoms with Crippen LogP contribution in [0.5, 0.6) is 0 Å². The SMILES string of the molecule is COCc1c(Br)cccc1NCc1cc(C)c(C)cc1C. The molecule has 0 saturated carbocycles. The Morgan fingerprint density at radius 2 is 1.76 bits per heavy atom. The molecule has 21 heavy (non-hydrogen) atoms. The van der Waals surface area contributed by atoms with Gasteiger partial charge in [0.15, 0.2) is 0 Å². The highest BCUT2D eigenvalue weighted by Gasteiger charge is 2.07. The molecule has 0 radical (unpaired) electrons. The maximum atomic E-state index is 5.29.